The fourth-order valence-corrected chi connectivity index (χ4v) is 2.52. The van der Waals surface area contributed by atoms with Crippen molar-refractivity contribution in [3.63, 3.8) is 0 Å². The monoisotopic (exact) mass is 305 g/mol. The summed E-state index contributed by atoms with van der Waals surface area (Å²) in [4.78, 5) is 23.1. The molecule has 2 N–H and O–H groups in total. The van der Waals surface area contributed by atoms with Crippen LogP contribution >= 0.6 is 0 Å². The second-order valence-corrected chi connectivity index (χ2v) is 5.17. The SMILES string of the molecule is C#CCOc1ccc(F)cc1NC(=O)[C@H]1CC[C@@H](C(=O)O)C1. The number of nitrogens with one attached hydrogen (secondary N) is 1. The third-order valence-electron chi connectivity index (χ3n) is 3.66. The maximum atomic E-state index is 13.3. The molecule has 0 saturated heterocycles. The number of carboxylic acid groups (broad SMARTS) is 1. The second-order valence-electron chi connectivity index (χ2n) is 5.17. The molecule has 0 aromatic heterocycles. The van der Waals surface area contributed by atoms with Crippen LogP contribution in [0.25, 0.3) is 0 Å². The Morgan fingerprint density at radius 3 is 2.77 bits per heavy atom. The Morgan fingerprint density at radius 1 is 1.41 bits per heavy atom. The molecule has 0 heterocycles. The average molecular weight is 305 g/mol. The minimum Gasteiger partial charge on any atom is -0.481 e. The number of carbonyl (C=O) groups excluding carboxylic acids is 1. The number of aliphatic carboxylic acids is 1. The van der Waals surface area contributed by atoms with Gasteiger partial charge < -0.3 is 15.2 Å². The molecular formula is C16H16FNO4. The molecule has 1 aromatic rings. The molecule has 1 amide bonds. The predicted molar refractivity (Wildman–Crippen MR) is 77.8 cm³/mol. The number of benzene rings is 1. The van der Waals surface area contributed by atoms with Crippen LogP contribution in [-0.2, 0) is 9.59 Å². The van der Waals surface area contributed by atoms with E-state index in [9.17, 15) is 14.0 Å². The van der Waals surface area contributed by atoms with Crippen molar-refractivity contribution in [3.05, 3.63) is 24.0 Å². The number of ether oxygens (including phenoxy) is 1. The molecule has 0 aliphatic heterocycles. The van der Waals surface area contributed by atoms with Crippen molar-refractivity contribution in [3.8, 4) is 18.1 Å². The van der Waals surface area contributed by atoms with Gasteiger partial charge in [0.15, 0.2) is 0 Å². The highest BCUT2D eigenvalue weighted by Crippen LogP contribution is 2.33. The highest BCUT2D eigenvalue weighted by atomic mass is 19.1. The Labute approximate surface area is 127 Å². The lowest BCUT2D eigenvalue weighted by atomic mass is 10.0. The second kappa shape index (κ2) is 6.94. The summed E-state index contributed by atoms with van der Waals surface area (Å²) in [6, 6.07) is 3.74. The third kappa shape index (κ3) is 3.76. The molecular weight excluding hydrogens is 289 g/mol. The topological polar surface area (TPSA) is 75.6 Å². The van der Waals surface area contributed by atoms with E-state index in [1.807, 2.05) is 0 Å². The predicted octanol–water partition coefficient (Wildman–Crippen LogP) is 2.28. The first kappa shape index (κ1) is 15.8. The van der Waals surface area contributed by atoms with E-state index < -0.39 is 23.6 Å². The van der Waals surface area contributed by atoms with Crippen molar-refractivity contribution in [1.29, 1.82) is 0 Å². The summed E-state index contributed by atoms with van der Waals surface area (Å²) in [5, 5.41) is 11.6. The van der Waals surface area contributed by atoms with Gasteiger partial charge in [-0.3, -0.25) is 9.59 Å². The summed E-state index contributed by atoms with van der Waals surface area (Å²) in [6.07, 6.45) is 6.37. The molecule has 2 atom stereocenters. The molecule has 6 heteroatoms. The van der Waals surface area contributed by atoms with Crippen LogP contribution in [0.15, 0.2) is 18.2 Å². The molecule has 1 aromatic carbocycles. The van der Waals surface area contributed by atoms with E-state index in [0.29, 0.717) is 12.8 Å². The van der Waals surface area contributed by atoms with Gasteiger partial charge in [0.1, 0.15) is 18.2 Å². The van der Waals surface area contributed by atoms with Crippen LogP contribution in [0.3, 0.4) is 0 Å². The zero-order valence-corrected chi connectivity index (χ0v) is 11.8. The van der Waals surface area contributed by atoms with Crippen molar-refractivity contribution >= 4 is 17.6 Å². The highest BCUT2D eigenvalue weighted by molar-refractivity contribution is 5.94. The van der Waals surface area contributed by atoms with Gasteiger partial charge >= 0.3 is 5.97 Å². The Balaban J connectivity index is 2.07. The van der Waals surface area contributed by atoms with E-state index in [1.165, 1.54) is 12.1 Å². The largest absolute Gasteiger partial charge is 0.481 e. The standard InChI is InChI=1S/C16H16FNO4/c1-2-7-22-14-6-5-12(17)9-13(14)18-15(19)10-3-4-11(8-10)16(20)21/h1,5-6,9-11H,3-4,7-8H2,(H,18,19)(H,20,21)/t10-,11+/m0/s1. The van der Waals surface area contributed by atoms with Gasteiger partial charge in [-0.1, -0.05) is 5.92 Å². The first-order valence-electron chi connectivity index (χ1n) is 6.90. The van der Waals surface area contributed by atoms with Gasteiger partial charge in [-0.25, -0.2) is 4.39 Å². The van der Waals surface area contributed by atoms with E-state index in [2.05, 4.69) is 11.2 Å². The van der Waals surface area contributed by atoms with Crippen LogP contribution in [0.5, 0.6) is 5.75 Å². The minimum absolute atomic E-state index is 0.000973. The highest BCUT2D eigenvalue weighted by Gasteiger charge is 2.34. The lowest BCUT2D eigenvalue weighted by Crippen LogP contribution is -2.22. The summed E-state index contributed by atoms with van der Waals surface area (Å²) < 4.78 is 18.6. The number of amides is 1. The van der Waals surface area contributed by atoms with E-state index >= 15 is 0 Å². The van der Waals surface area contributed by atoms with Gasteiger partial charge in [-0.05, 0) is 31.4 Å². The van der Waals surface area contributed by atoms with Crippen molar-refractivity contribution < 1.29 is 23.8 Å². The molecule has 1 aliphatic rings. The summed E-state index contributed by atoms with van der Waals surface area (Å²) >= 11 is 0. The Bertz CT molecular complexity index is 623. The van der Waals surface area contributed by atoms with Crippen LogP contribution in [0.2, 0.25) is 0 Å². The molecule has 116 valence electrons. The summed E-state index contributed by atoms with van der Waals surface area (Å²) in [7, 11) is 0. The van der Waals surface area contributed by atoms with Crippen LogP contribution in [0.1, 0.15) is 19.3 Å². The van der Waals surface area contributed by atoms with Crippen molar-refractivity contribution in [2.75, 3.05) is 11.9 Å². The van der Waals surface area contributed by atoms with E-state index in [4.69, 9.17) is 16.3 Å². The summed E-state index contributed by atoms with van der Waals surface area (Å²) in [5.41, 5.74) is 0.194. The summed E-state index contributed by atoms with van der Waals surface area (Å²) in [6.45, 7) is -0.000973. The normalized spacial score (nSPS) is 20.2. The lowest BCUT2D eigenvalue weighted by Gasteiger charge is -2.14. The van der Waals surface area contributed by atoms with E-state index in [-0.39, 0.29) is 30.4 Å². The number of carbonyl (C=O) groups is 2. The number of hydrogen-bond acceptors (Lipinski definition) is 3. The Hall–Kier alpha value is -2.55. The van der Waals surface area contributed by atoms with Crippen LogP contribution in [0.4, 0.5) is 10.1 Å². The molecule has 2 rings (SSSR count). The molecule has 1 saturated carbocycles. The van der Waals surface area contributed by atoms with Crippen molar-refractivity contribution in [2.24, 2.45) is 11.8 Å². The molecule has 1 fully saturated rings. The molecule has 0 spiro atoms. The van der Waals surface area contributed by atoms with Crippen LogP contribution in [0, 0.1) is 30.0 Å². The van der Waals surface area contributed by atoms with Gasteiger partial charge in [0, 0.05) is 12.0 Å². The van der Waals surface area contributed by atoms with Crippen molar-refractivity contribution in [1.82, 2.24) is 0 Å². The van der Waals surface area contributed by atoms with Gasteiger partial charge in [0.05, 0.1) is 11.6 Å². The van der Waals surface area contributed by atoms with Gasteiger partial charge in [0.2, 0.25) is 5.91 Å². The Kier molecular flexibility index (Phi) is 4.99. The molecule has 22 heavy (non-hydrogen) atoms. The number of carboxylic acids is 1. The van der Waals surface area contributed by atoms with Gasteiger partial charge in [0.25, 0.3) is 0 Å². The van der Waals surface area contributed by atoms with Gasteiger partial charge in [-0.2, -0.15) is 0 Å². The first-order valence-corrected chi connectivity index (χ1v) is 6.90. The number of anilines is 1. The molecule has 1 aliphatic carbocycles. The number of terminal acetylenes is 1. The molecule has 0 unspecified atom stereocenters. The lowest BCUT2D eigenvalue weighted by molar-refractivity contribution is -0.141. The fourth-order valence-electron chi connectivity index (χ4n) is 2.52. The number of halogens is 1. The Morgan fingerprint density at radius 2 is 2.14 bits per heavy atom. The molecule has 0 bridgehead atoms. The quantitative estimate of drug-likeness (QED) is 0.818. The van der Waals surface area contributed by atoms with Crippen molar-refractivity contribution in [2.45, 2.75) is 19.3 Å². The molecule has 5 nitrogen and oxygen atoms in total. The molecule has 0 radical (unpaired) electrons. The average Bonchev–Trinajstić information content (AvgIpc) is 2.96. The van der Waals surface area contributed by atoms with E-state index in [0.717, 1.165) is 6.07 Å². The fraction of sp³-hybridized carbons (Fsp3) is 0.375. The van der Waals surface area contributed by atoms with Gasteiger partial charge in [-0.15, -0.1) is 6.42 Å². The number of hydrogen-bond donors (Lipinski definition) is 2. The summed E-state index contributed by atoms with van der Waals surface area (Å²) in [5.74, 6) is -0.0676. The third-order valence-corrected chi connectivity index (χ3v) is 3.66. The van der Waals surface area contributed by atoms with Crippen LogP contribution in [-0.4, -0.2) is 23.6 Å². The smallest absolute Gasteiger partial charge is 0.306 e. The zero-order valence-electron chi connectivity index (χ0n) is 11.8. The van der Waals surface area contributed by atoms with Crippen LogP contribution < -0.4 is 10.1 Å². The zero-order chi connectivity index (χ0) is 16.1. The number of rotatable bonds is 5. The minimum atomic E-state index is -0.890. The first-order chi connectivity index (χ1) is 10.5. The van der Waals surface area contributed by atoms with E-state index in [1.54, 1.807) is 0 Å². The maximum Gasteiger partial charge on any atom is 0.306 e. The maximum absolute atomic E-state index is 13.3.